The van der Waals surface area contributed by atoms with Crippen molar-refractivity contribution in [3.05, 3.63) is 12.7 Å². The van der Waals surface area contributed by atoms with Crippen molar-refractivity contribution in [3.63, 3.8) is 0 Å². The fourth-order valence-corrected chi connectivity index (χ4v) is 4.98. The van der Waals surface area contributed by atoms with Gasteiger partial charge in [0, 0.05) is 6.61 Å². The van der Waals surface area contributed by atoms with Crippen LogP contribution in [-0.2, 0) is 4.74 Å². The molecule has 0 saturated carbocycles. The maximum absolute atomic E-state index is 6.61. The molecular weight excluding hydrogens is 400 g/mol. The Balaban J connectivity index is 4.23. The third-order valence-electron chi connectivity index (χ3n) is 7.42. The highest BCUT2D eigenvalue weighted by Gasteiger charge is 2.26. The summed E-state index contributed by atoms with van der Waals surface area (Å²) in [5.74, 6) is 0. The van der Waals surface area contributed by atoms with Crippen LogP contribution in [0.25, 0.3) is 0 Å². The monoisotopic (exact) mass is 464 g/mol. The lowest BCUT2D eigenvalue weighted by atomic mass is 9.89. The van der Waals surface area contributed by atoms with Gasteiger partial charge in [-0.15, -0.1) is 6.58 Å². The van der Waals surface area contributed by atoms with Gasteiger partial charge < -0.3 is 4.74 Å². The highest BCUT2D eigenvalue weighted by atomic mass is 16.5. The second kappa shape index (κ2) is 26.3. The van der Waals surface area contributed by atoms with Gasteiger partial charge in [-0.3, -0.25) is 0 Å². The maximum Gasteiger partial charge on any atom is 0.0859 e. The molecule has 1 unspecified atom stereocenters. The SMILES string of the molecule is C=CC(CCCCCCCCC)(CCCCCCCCCC)OCCCCCCCCCC. The maximum atomic E-state index is 6.61. The molecule has 0 aromatic rings. The standard InChI is InChI=1S/C32H64O/c1-5-9-12-15-18-21-24-27-30-32(8-4,29-26-23-20-17-14-11-7-3)33-31-28-25-22-19-16-13-10-6-2/h8H,4-7,9-31H2,1-3H3. The summed E-state index contributed by atoms with van der Waals surface area (Å²) in [7, 11) is 0. The molecular formula is C32H64O. The largest absolute Gasteiger partial charge is 0.371 e. The number of rotatable bonds is 28. The van der Waals surface area contributed by atoms with Crippen LogP contribution in [0.2, 0.25) is 0 Å². The number of unbranched alkanes of at least 4 members (excludes halogenated alkanes) is 20. The smallest absolute Gasteiger partial charge is 0.0859 e. The second-order valence-corrected chi connectivity index (χ2v) is 10.7. The lowest BCUT2D eigenvalue weighted by molar-refractivity contribution is -0.0253. The van der Waals surface area contributed by atoms with Crippen LogP contribution < -0.4 is 0 Å². The van der Waals surface area contributed by atoms with Crippen molar-refractivity contribution in [2.75, 3.05) is 6.61 Å². The minimum atomic E-state index is -0.0627. The molecule has 0 N–H and O–H groups in total. The van der Waals surface area contributed by atoms with Gasteiger partial charge in [-0.2, -0.15) is 0 Å². The third kappa shape index (κ3) is 21.9. The van der Waals surface area contributed by atoms with Gasteiger partial charge in [-0.1, -0.05) is 168 Å². The predicted octanol–water partition coefficient (Wildman–Crippen LogP) is 11.7. The molecule has 0 heterocycles. The molecule has 0 amide bonds. The van der Waals surface area contributed by atoms with E-state index >= 15 is 0 Å². The molecule has 1 atom stereocenters. The van der Waals surface area contributed by atoms with Crippen LogP contribution in [0.3, 0.4) is 0 Å². The van der Waals surface area contributed by atoms with Crippen LogP contribution in [0.4, 0.5) is 0 Å². The van der Waals surface area contributed by atoms with Crippen molar-refractivity contribution in [1.29, 1.82) is 0 Å². The summed E-state index contributed by atoms with van der Waals surface area (Å²) in [6.45, 7) is 12.1. The molecule has 0 aromatic heterocycles. The predicted molar refractivity (Wildman–Crippen MR) is 151 cm³/mol. The van der Waals surface area contributed by atoms with E-state index in [1.54, 1.807) is 0 Å². The summed E-state index contributed by atoms with van der Waals surface area (Å²) in [6.07, 6.45) is 36.1. The fraction of sp³-hybridized carbons (Fsp3) is 0.938. The molecule has 0 spiro atoms. The first-order valence-corrected chi connectivity index (χ1v) is 15.5. The molecule has 33 heavy (non-hydrogen) atoms. The van der Waals surface area contributed by atoms with Crippen LogP contribution in [-0.4, -0.2) is 12.2 Å². The van der Waals surface area contributed by atoms with E-state index in [0.29, 0.717) is 0 Å². The minimum absolute atomic E-state index is 0.0627. The van der Waals surface area contributed by atoms with E-state index in [2.05, 4.69) is 33.4 Å². The Morgan fingerprint density at radius 3 is 1.09 bits per heavy atom. The lowest BCUT2D eigenvalue weighted by Gasteiger charge is -2.31. The highest BCUT2D eigenvalue weighted by Crippen LogP contribution is 2.29. The van der Waals surface area contributed by atoms with E-state index in [-0.39, 0.29) is 5.60 Å². The Bertz CT molecular complexity index is 377. The first-order valence-electron chi connectivity index (χ1n) is 15.5. The minimum Gasteiger partial charge on any atom is -0.371 e. The molecule has 0 aliphatic heterocycles. The van der Waals surface area contributed by atoms with E-state index in [1.165, 1.54) is 161 Å². The van der Waals surface area contributed by atoms with Gasteiger partial charge in [0.05, 0.1) is 5.60 Å². The van der Waals surface area contributed by atoms with Crippen LogP contribution in [0.15, 0.2) is 12.7 Å². The molecule has 0 aromatic carbocycles. The summed E-state index contributed by atoms with van der Waals surface area (Å²) in [4.78, 5) is 0. The molecule has 1 heteroatoms. The van der Waals surface area contributed by atoms with Crippen molar-refractivity contribution in [1.82, 2.24) is 0 Å². The van der Waals surface area contributed by atoms with Crippen molar-refractivity contribution in [2.45, 2.75) is 187 Å². The zero-order valence-corrected chi connectivity index (χ0v) is 23.6. The summed E-state index contributed by atoms with van der Waals surface area (Å²) in [6, 6.07) is 0. The molecule has 0 radical (unpaired) electrons. The average Bonchev–Trinajstić information content (AvgIpc) is 2.83. The van der Waals surface area contributed by atoms with Gasteiger partial charge >= 0.3 is 0 Å². The van der Waals surface area contributed by atoms with Crippen LogP contribution in [0.5, 0.6) is 0 Å². The number of ether oxygens (including phenoxy) is 1. The van der Waals surface area contributed by atoms with Crippen molar-refractivity contribution in [2.24, 2.45) is 0 Å². The third-order valence-corrected chi connectivity index (χ3v) is 7.42. The zero-order valence-electron chi connectivity index (χ0n) is 23.6. The molecule has 1 nitrogen and oxygen atoms in total. The quantitative estimate of drug-likeness (QED) is 0.0826. The Morgan fingerprint density at radius 2 is 0.758 bits per heavy atom. The molecule has 198 valence electrons. The molecule has 0 rings (SSSR count). The van der Waals surface area contributed by atoms with Gasteiger partial charge in [0.1, 0.15) is 0 Å². The molecule has 0 bridgehead atoms. The van der Waals surface area contributed by atoms with E-state index in [0.717, 1.165) is 6.61 Å². The van der Waals surface area contributed by atoms with E-state index < -0.39 is 0 Å². The molecule has 0 saturated heterocycles. The van der Waals surface area contributed by atoms with Gasteiger partial charge in [-0.05, 0) is 19.3 Å². The van der Waals surface area contributed by atoms with Gasteiger partial charge in [0.15, 0.2) is 0 Å². The van der Waals surface area contributed by atoms with E-state index in [4.69, 9.17) is 4.74 Å². The summed E-state index contributed by atoms with van der Waals surface area (Å²) in [5.41, 5.74) is -0.0627. The number of hydrogen-bond acceptors (Lipinski definition) is 1. The van der Waals surface area contributed by atoms with Crippen molar-refractivity contribution < 1.29 is 4.74 Å². The fourth-order valence-electron chi connectivity index (χ4n) is 4.98. The van der Waals surface area contributed by atoms with E-state index in [9.17, 15) is 0 Å². The van der Waals surface area contributed by atoms with Gasteiger partial charge in [0.25, 0.3) is 0 Å². The topological polar surface area (TPSA) is 9.23 Å². The zero-order chi connectivity index (χ0) is 24.3. The van der Waals surface area contributed by atoms with Gasteiger partial charge in [0.2, 0.25) is 0 Å². The Hall–Kier alpha value is -0.300. The van der Waals surface area contributed by atoms with Crippen molar-refractivity contribution >= 4 is 0 Å². The lowest BCUT2D eigenvalue weighted by Crippen LogP contribution is -2.30. The average molecular weight is 465 g/mol. The summed E-state index contributed by atoms with van der Waals surface area (Å²) in [5, 5.41) is 0. The second-order valence-electron chi connectivity index (χ2n) is 10.7. The first-order chi connectivity index (χ1) is 16.2. The first kappa shape index (κ1) is 32.7. The summed E-state index contributed by atoms with van der Waals surface area (Å²) >= 11 is 0. The van der Waals surface area contributed by atoms with Crippen molar-refractivity contribution in [3.8, 4) is 0 Å². The van der Waals surface area contributed by atoms with Crippen LogP contribution >= 0.6 is 0 Å². The molecule has 0 aliphatic carbocycles. The highest BCUT2D eigenvalue weighted by molar-refractivity contribution is 4.97. The summed E-state index contributed by atoms with van der Waals surface area (Å²) < 4.78 is 6.61. The normalized spacial score (nSPS) is 13.3. The molecule has 0 aliphatic rings. The Morgan fingerprint density at radius 1 is 0.455 bits per heavy atom. The van der Waals surface area contributed by atoms with E-state index in [1.807, 2.05) is 0 Å². The van der Waals surface area contributed by atoms with Gasteiger partial charge in [-0.25, -0.2) is 0 Å². The van der Waals surface area contributed by atoms with Crippen LogP contribution in [0.1, 0.15) is 181 Å². The molecule has 0 fully saturated rings. The Labute approximate surface area is 210 Å². The number of hydrogen-bond donors (Lipinski definition) is 0. The van der Waals surface area contributed by atoms with Crippen LogP contribution in [0, 0.1) is 0 Å². The Kier molecular flexibility index (Phi) is 26.1.